The number of aromatic nitrogens is 4. The Morgan fingerprint density at radius 2 is 2.10 bits per heavy atom. The second-order valence-corrected chi connectivity index (χ2v) is 6.62. The zero-order chi connectivity index (χ0) is 20.0. The fourth-order valence-electron chi connectivity index (χ4n) is 3.56. The molecule has 0 bridgehead atoms. The van der Waals surface area contributed by atoms with Crippen molar-refractivity contribution in [2.45, 2.75) is 6.54 Å². The van der Waals surface area contributed by atoms with E-state index in [1.165, 1.54) is 0 Å². The minimum atomic E-state index is -0.373. The van der Waals surface area contributed by atoms with Gasteiger partial charge in [-0.05, 0) is 24.3 Å². The number of hydrogen-bond acceptors (Lipinski definition) is 6. The van der Waals surface area contributed by atoms with Crippen molar-refractivity contribution in [1.29, 1.82) is 0 Å². The van der Waals surface area contributed by atoms with Crippen LogP contribution in [0.15, 0.2) is 41.7 Å². The van der Waals surface area contributed by atoms with Gasteiger partial charge in [0.25, 0.3) is 5.91 Å². The molecule has 0 aliphatic carbocycles. The van der Waals surface area contributed by atoms with E-state index in [1.807, 2.05) is 10.6 Å². The van der Waals surface area contributed by atoms with E-state index in [-0.39, 0.29) is 5.91 Å². The highest BCUT2D eigenvalue weighted by atomic mass is 16.5. The Balaban J connectivity index is 1.71. The van der Waals surface area contributed by atoms with Crippen molar-refractivity contribution in [3.05, 3.63) is 47.8 Å². The van der Waals surface area contributed by atoms with Crippen molar-refractivity contribution in [2.75, 3.05) is 26.1 Å². The highest BCUT2D eigenvalue weighted by Gasteiger charge is 2.19. The number of ether oxygens (including phenoxy) is 2. The molecule has 146 valence electrons. The maximum atomic E-state index is 12.8. The molecule has 9 nitrogen and oxygen atoms in total. The Morgan fingerprint density at radius 3 is 2.93 bits per heavy atom. The molecule has 0 saturated carbocycles. The highest BCUT2D eigenvalue weighted by Crippen LogP contribution is 2.33. The van der Waals surface area contributed by atoms with Crippen LogP contribution in [-0.4, -0.2) is 46.2 Å². The number of hydrogen-bond donors (Lipinski definition) is 2. The van der Waals surface area contributed by atoms with Crippen molar-refractivity contribution in [1.82, 2.24) is 19.5 Å². The summed E-state index contributed by atoms with van der Waals surface area (Å²) in [6.45, 7) is 1.38. The van der Waals surface area contributed by atoms with Crippen molar-refractivity contribution in [2.24, 2.45) is 4.99 Å². The molecule has 0 spiro atoms. The molecule has 29 heavy (non-hydrogen) atoms. The third-order valence-corrected chi connectivity index (χ3v) is 4.98. The summed E-state index contributed by atoms with van der Waals surface area (Å²) in [5, 5.41) is 4.20. The molecular formula is C20H18N6O3. The molecule has 0 fully saturated rings. The van der Waals surface area contributed by atoms with Crippen LogP contribution in [-0.2, 0) is 6.54 Å². The molecule has 2 aromatic heterocycles. The average Bonchev–Trinajstić information content (AvgIpc) is 3.42. The van der Waals surface area contributed by atoms with Crippen LogP contribution in [0.5, 0.6) is 11.5 Å². The van der Waals surface area contributed by atoms with Gasteiger partial charge in [-0.25, -0.2) is 9.97 Å². The van der Waals surface area contributed by atoms with E-state index in [1.54, 1.807) is 44.8 Å². The third kappa shape index (κ3) is 2.78. The van der Waals surface area contributed by atoms with E-state index < -0.39 is 0 Å². The van der Waals surface area contributed by atoms with Gasteiger partial charge >= 0.3 is 0 Å². The molecule has 1 aliphatic heterocycles. The Kier molecular flexibility index (Phi) is 3.94. The molecule has 2 N–H and O–H groups in total. The second kappa shape index (κ2) is 6.62. The third-order valence-electron chi connectivity index (χ3n) is 4.98. The minimum Gasteiger partial charge on any atom is -0.497 e. The second-order valence-electron chi connectivity index (χ2n) is 6.62. The van der Waals surface area contributed by atoms with E-state index >= 15 is 0 Å². The number of carbonyl (C=O) groups is 1. The quantitative estimate of drug-likeness (QED) is 0.555. The largest absolute Gasteiger partial charge is 0.497 e. The predicted octanol–water partition coefficient (Wildman–Crippen LogP) is 2.10. The zero-order valence-corrected chi connectivity index (χ0v) is 15.9. The first-order valence-electron chi connectivity index (χ1n) is 9.10. The number of carbonyl (C=O) groups excluding carboxylic acids is 1. The van der Waals surface area contributed by atoms with Gasteiger partial charge in [-0.1, -0.05) is 0 Å². The van der Waals surface area contributed by atoms with Gasteiger partial charge in [0.05, 0.1) is 31.6 Å². The Morgan fingerprint density at radius 1 is 1.21 bits per heavy atom. The van der Waals surface area contributed by atoms with Gasteiger partial charge in [-0.15, -0.1) is 0 Å². The van der Waals surface area contributed by atoms with Gasteiger partial charge in [0.15, 0.2) is 0 Å². The Bertz CT molecular complexity index is 1340. The zero-order valence-electron chi connectivity index (χ0n) is 15.9. The van der Waals surface area contributed by atoms with Gasteiger partial charge < -0.3 is 19.8 Å². The van der Waals surface area contributed by atoms with E-state index in [9.17, 15) is 4.79 Å². The lowest BCUT2D eigenvalue weighted by molar-refractivity contribution is 0.0996. The van der Waals surface area contributed by atoms with Gasteiger partial charge in [0, 0.05) is 30.1 Å². The molecule has 0 unspecified atom stereocenters. The van der Waals surface area contributed by atoms with E-state index in [4.69, 9.17) is 9.47 Å². The summed E-state index contributed by atoms with van der Waals surface area (Å²) in [4.78, 5) is 29.0. The summed E-state index contributed by atoms with van der Waals surface area (Å²) in [6, 6.07) is 8.90. The number of imidazole rings is 1. The van der Waals surface area contributed by atoms with Crippen molar-refractivity contribution >= 4 is 33.7 Å². The minimum absolute atomic E-state index is 0.329. The molecule has 4 aromatic rings. The number of benzene rings is 2. The van der Waals surface area contributed by atoms with Crippen LogP contribution >= 0.6 is 0 Å². The van der Waals surface area contributed by atoms with Crippen LogP contribution in [0.1, 0.15) is 10.4 Å². The summed E-state index contributed by atoms with van der Waals surface area (Å²) >= 11 is 0. The normalized spacial score (nSPS) is 13.5. The van der Waals surface area contributed by atoms with Crippen molar-refractivity contribution in [3.8, 4) is 11.5 Å². The summed E-state index contributed by atoms with van der Waals surface area (Å²) < 4.78 is 12.8. The molecule has 1 aliphatic rings. The van der Waals surface area contributed by atoms with Gasteiger partial charge in [0.2, 0.25) is 5.62 Å². The van der Waals surface area contributed by atoms with Crippen LogP contribution in [0.4, 0.5) is 5.82 Å². The van der Waals surface area contributed by atoms with E-state index in [0.717, 1.165) is 28.8 Å². The number of anilines is 1. The fourth-order valence-corrected chi connectivity index (χ4v) is 3.56. The lowest BCUT2D eigenvalue weighted by Gasteiger charge is -2.12. The fraction of sp³-hybridized carbons (Fsp3) is 0.200. The molecule has 0 atom stereocenters. The van der Waals surface area contributed by atoms with Gasteiger partial charge in [0.1, 0.15) is 22.8 Å². The SMILES string of the molecule is COc1cc(OC)c2nc(=NC(=O)c3ccc4nc[nH]c4c3)n3c(c2c1)NCC3. The molecule has 0 saturated heterocycles. The van der Waals surface area contributed by atoms with Crippen LogP contribution in [0.3, 0.4) is 0 Å². The summed E-state index contributed by atoms with van der Waals surface area (Å²) in [5.74, 6) is 1.69. The Hall–Kier alpha value is -3.88. The average molecular weight is 390 g/mol. The topological polar surface area (TPSA) is 106 Å². The van der Waals surface area contributed by atoms with Crippen LogP contribution in [0.25, 0.3) is 21.9 Å². The smallest absolute Gasteiger partial charge is 0.280 e. The number of fused-ring (bicyclic) bond motifs is 4. The first kappa shape index (κ1) is 17.2. The molecule has 3 heterocycles. The number of nitrogens with zero attached hydrogens (tertiary/aromatic N) is 4. The molecule has 9 heteroatoms. The number of H-pyrrole nitrogens is 1. The maximum absolute atomic E-state index is 12.8. The number of rotatable bonds is 3. The van der Waals surface area contributed by atoms with Crippen molar-refractivity contribution < 1.29 is 14.3 Å². The number of amides is 1. The maximum Gasteiger partial charge on any atom is 0.280 e. The molecule has 2 aromatic carbocycles. The number of aromatic amines is 1. The van der Waals surface area contributed by atoms with Gasteiger partial charge in [-0.3, -0.25) is 9.36 Å². The predicted molar refractivity (Wildman–Crippen MR) is 107 cm³/mol. The van der Waals surface area contributed by atoms with Gasteiger partial charge in [-0.2, -0.15) is 4.99 Å². The first-order chi connectivity index (χ1) is 14.2. The van der Waals surface area contributed by atoms with Crippen molar-refractivity contribution in [3.63, 3.8) is 0 Å². The highest BCUT2D eigenvalue weighted by molar-refractivity contribution is 5.98. The summed E-state index contributed by atoms with van der Waals surface area (Å²) in [6.07, 6.45) is 1.59. The summed E-state index contributed by atoms with van der Waals surface area (Å²) in [7, 11) is 3.18. The van der Waals surface area contributed by atoms with E-state index in [2.05, 4.69) is 25.3 Å². The standard InChI is InChI=1S/C20H18N6O3/c1-28-12-8-13-17(16(9-12)29-2)24-20(26-6-5-21-18(13)26)25-19(27)11-3-4-14-15(7-11)23-10-22-14/h3-4,7-10,21H,5-6H2,1-2H3,(H,22,23). The molecular weight excluding hydrogens is 372 g/mol. The summed E-state index contributed by atoms with van der Waals surface area (Å²) in [5.41, 5.74) is 2.99. The molecule has 0 radical (unpaired) electrons. The monoisotopic (exact) mass is 390 g/mol. The van der Waals surface area contributed by atoms with E-state index in [0.29, 0.717) is 34.7 Å². The number of nitrogens with one attached hydrogen (secondary N) is 2. The van der Waals surface area contributed by atoms with Crippen LogP contribution in [0, 0.1) is 0 Å². The van der Waals surface area contributed by atoms with Crippen LogP contribution in [0.2, 0.25) is 0 Å². The number of methoxy groups -OCH3 is 2. The lowest BCUT2D eigenvalue weighted by atomic mass is 10.2. The molecule has 5 rings (SSSR count). The Labute approximate surface area is 165 Å². The first-order valence-corrected chi connectivity index (χ1v) is 9.10. The van der Waals surface area contributed by atoms with Crippen LogP contribution < -0.4 is 20.4 Å². The lowest BCUT2D eigenvalue weighted by Crippen LogP contribution is -2.25. The molecule has 1 amide bonds.